The average Bonchev–Trinajstić information content (AvgIpc) is 2.52. The van der Waals surface area contributed by atoms with Crippen molar-refractivity contribution in [1.82, 2.24) is 9.88 Å². The topological polar surface area (TPSA) is 34.0 Å². The van der Waals surface area contributed by atoms with E-state index in [0.29, 0.717) is 0 Å². The average molecular weight is 202 g/mol. The fraction of sp³-hybridized carbons (Fsp3) is 0.250. The SMILES string of the molecule is CNC(=O)c1c(C)c2ccccc2n1C. The van der Waals surface area contributed by atoms with Crippen LogP contribution in [0.3, 0.4) is 0 Å². The number of fused-ring (bicyclic) bond motifs is 1. The molecular formula is C12H14N2O. The summed E-state index contributed by atoms with van der Waals surface area (Å²) in [5.41, 5.74) is 2.86. The summed E-state index contributed by atoms with van der Waals surface area (Å²) in [4.78, 5) is 11.7. The second kappa shape index (κ2) is 3.42. The van der Waals surface area contributed by atoms with Crippen molar-refractivity contribution in [3.05, 3.63) is 35.5 Å². The van der Waals surface area contributed by atoms with Gasteiger partial charge in [0.25, 0.3) is 5.91 Å². The highest BCUT2D eigenvalue weighted by molar-refractivity contribution is 6.01. The number of aromatic nitrogens is 1. The van der Waals surface area contributed by atoms with Gasteiger partial charge in [-0.2, -0.15) is 0 Å². The van der Waals surface area contributed by atoms with Gasteiger partial charge in [0.05, 0.1) is 0 Å². The summed E-state index contributed by atoms with van der Waals surface area (Å²) in [5.74, 6) is -0.0359. The van der Waals surface area contributed by atoms with E-state index in [-0.39, 0.29) is 5.91 Å². The molecule has 1 aromatic heterocycles. The Hall–Kier alpha value is -1.77. The number of benzene rings is 1. The Labute approximate surface area is 88.7 Å². The summed E-state index contributed by atoms with van der Waals surface area (Å²) in [7, 11) is 3.57. The van der Waals surface area contributed by atoms with Crippen LogP contribution in [-0.4, -0.2) is 17.5 Å². The number of amides is 1. The van der Waals surface area contributed by atoms with Crippen molar-refractivity contribution in [3.63, 3.8) is 0 Å². The molecule has 2 rings (SSSR count). The third-order valence-electron chi connectivity index (χ3n) is 2.80. The fourth-order valence-corrected chi connectivity index (χ4v) is 2.02. The number of hydrogen-bond acceptors (Lipinski definition) is 1. The van der Waals surface area contributed by atoms with Crippen LogP contribution in [0.15, 0.2) is 24.3 Å². The highest BCUT2D eigenvalue weighted by Gasteiger charge is 2.16. The molecule has 0 unspecified atom stereocenters. The van der Waals surface area contributed by atoms with Gasteiger partial charge in [0.2, 0.25) is 0 Å². The molecule has 1 N–H and O–H groups in total. The summed E-state index contributed by atoms with van der Waals surface area (Å²) >= 11 is 0. The first kappa shape index (κ1) is 9.77. The fourth-order valence-electron chi connectivity index (χ4n) is 2.02. The molecule has 78 valence electrons. The van der Waals surface area contributed by atoms with Gasteiger partial charge in [-0.1, -0.05) is 18.2 Å². The Bertz CT molecular complexity index is 487. The molecule has 1 amide bonds. The van der Waals surface area contributed by atoms with Crippen LogP contribution in [0.2, 0.25) is 0 Å². The number of carbonyl (C=O) groups is 1. The first-order valence-electron chi connectivity index (χ1n) is 4.93. The molecule has 0 aliphatic carbocycles. The van der Waals surface area contributed by atoms with E-state index in [0.717, 1.165) is 22.2 Å². The number of nitrogens with one attached hydrogen (secondary N) is 1. The molecule has 0 atom stereocenters. The minimum atomic E-state index is -0.0359. The monoisotopic (exact) mass is 202 g/mol. The molecule has 0 bridgehead atoms. The van der Waals surface area contributed by atoms with Crippen LogP contribution >= 0.6 is 0 Å². The zero-order valence-corrected chi connectivity index (χ0v) is 9.16. The van der Waals surface area contributed by atoms with Crippen LogP contribution in [0.25, 0.3) is 10.9 Å². The van der Waals surface area contributed by atoms with Gasteiger partial charge >= 0.3 is 0 Å². The standard InChI is InChI=1S/C12H14N2O/c1-8-9-6-4-5-7-10(9)14(3)11(8)12(15)13-2/h4-7H,1-3H3,(H,13,15). The van der Waals surface area contributed by atoms with E-state index in [1.54, 1.807) is 7.05 Å². The normalized spacial score (nSPS) is 10.6. The maximum absolute atomic E-state index is 11.7. The quantitative estimate of drug-likeness (QED) is 0.752. The third kappa shape index (κ3) is 1.31. The molecular weight excluding hydrogens is 188 g/mol. The smallest absolute Gasteiger partial charge is 0.267 e. The zero-order valence-electron chi connectivity index (χ0n) is 9.16. The largest absolute Gasteiger partial charge is 0.354 e. The lowest BCUT2D eigenvalue weighted by Gasteiger charge is -2.03. The number of para-hydroxylation sites is 1. The first-order valence-corrected chi connectivity index (χ1v) is 4.93. The number of carbonyl (C=O) groups excluding carboxylic acids is 1. The van der Waals surface area contributed by atoms with Crippen LogP contribution in [-0.2, 0) is 7.05 Å². The highest BCUT2D eigenvalue weighted by atomic mass is 16.1. The Kier molecular flexibility index (Phi) is 2.23. The molecule has 0 fully saturated rings. The molecule has 0 radical (unpaired) electrons. The predicted molar refractivity (Wildman–Crippen MR) is 61.0 cm³/mol. The minimum absolute atomic E-state index is 0.0359. The van der Waals surface area contributed by atoms with E-state index in [4.69, 9.17) is 0 Å². The van der Waals surface area contributed by atoms with E-state index in [9.17, 15) is 4.79 Å². The van der Waals surface area contributed by atoms with Crippen LogP contribution in [0, 0.1) is 6.92 Å². The van der Waals surface area contributed by atoms with Gasteiger partial charge in [0.15, 0.2) is 0 Å². The minimum Gasteiger partial charge on any atom is -0.354 e. The Morgan fingerprint density at radius 1 is 1.33 bits per heavy atom. The van der Waals surface area contributed by atoms with Crippen molar-refractivity contribution in [2.45, 2.75) is 6.92 Å². The Morgan fingerprint density at radius 2 is 2.00 bits per heavy atom. The molecule has 0 spiro atoms. The van der Waals surface area contributed by atoms with Crippen LogP contribution in [0.4, 0.5) is 0 Å². The lowest BCUT2D eigenvalue weighted by Crippen LogP contribution is -2.21. The van der Waals surface area contributed by atoms with Crippen LogP contribution in [0.5, 0.6) is 0 Å². The van der Waals surface area contributed by atoms with E-state index >= 15 is 0 Å². The molecule has 0 saturated carbocycles. The highest BCUT2D eigenvalue weighted by Crippen LogP contribution is 2.23. The van der Waals surface area contributed by atoms with Gasteiger partial charge in [0.1, 0.15) is 5.69 Å². The van der Waals surface area contributed by atoms with Crippen molar-refractivity contribution in [2.24, 2.45) is 7.05 Å². The van der Waals surface area contributed by atoms with Crippen LogP contribution < -0.4 is 5.32 Å². The predicted octanol–water partition coefficient (Wildman–Crippen LogP) is 1.85. The maximum Gasteiger partial charge on any atom is 0.267 e. The van der Waals surface area contributed by atoms with Crippen LogP contribution in [0.1, 0.15) is 16.1 Å². The molecule has 3 nitrogen and oxygen atoms in total. The zero-order chi connectivity index (χ0) is 11.0. The number of aryl methyl sites for hydroxylation is 2. The van der Waals surface area contributed by atoms with Gasteiger partial charge in [0, 0.05) is 25.0 Å². The lowest BCUT2D eigenvalue weighted by molar-refractivity contribution is 0.0955. The van der Waals surface area contributed by atoms with Gasteiger partial charge in [-0.3, -0.25) is 4.79 Å². The second-order valence-electron chi connectivity index (χ2n) is 3.63. The summed E-state index contributed by atoms with van der Waals surface area (Å²) in [6.07, 6.45) is 0. The van der Waals surface area contributed by atoms with E-state index < -0.39 is 0 Å². The summed E-state index contributed by atoms with van der Waals surface area (Å²) in [5, 5.41) is 3.80. The summed E-state index contributed by atoms with van der Waals surface area (Å²) < 4.78 is 1.93. The molecule has 3 heteroatoms. The lowest BCUT2D eigenvalue weighted by atomic mass is 10.1. The molecule has 0 aliphatic heterocycles. The van der Waals surface area contributed by atoms with E-state index in [1.807, 2.05) is 42.8 Å². The molecule has 0 saturated heterocycles. The number of rotatable bonds is 1. The van der Waals surface area contributed by atoms with E-state index in [2.05, 4.69) is 5.32 Å². The summed E-state index contributed by atoms with van der Waals surface area (Å²) in [6, 6.07) is 8.03. The van der Waals surface area contributed by atoms with Gasteiger partial charge < -0.3 is 9.88 Å². The maximum atomic E-state index is 11.7. The van der Waals surface area contributed by atoms with Gasteiger partial charge in [-0.25, -0.2) is 0 Å². The molecule has 0 aliphatic rings. The molecule has 1 heterocycles. The molecule has 2 aromatic rings. The Balaban J connectivity index is 2.81. The van der Waals surface area contributed by atoms with Crippen molar-refractivity contribution in [1.29, 1.82) is 0 Å². The third-order valence-corrected chi connectivity index (χ3v) is 2.80. The van der Waals surface area contributed by atoms with Crippen molar-refractivity contribution < 1.29 is 4.79 Å². The van der Waals surface area contributed by atoms with Crippen molar-refractivity contribution in [3.8, 4) is 0 Å². The van der Waals surface area contributed by atoms with Crippen molar-refractivity contribution >= 4 is 16.8 Å². The number of nitrogens with zero attached hydrogens (tertiary/aromatic N) is 1. The number of hydrogen-bond donors (Lipinski definition) is 1. The Morgan fingerprint density at radius 3 is 2.60 bits per heavy atom. The molecule has 15 heavy (non-hydrogen) atoms. The first-order chi connectivity index (χ1) is 7.16. The summed E-state index contributed by atoms with van der Waals surface area (Å²) in [6.45, 7) is 1.98. The van der Waals surface area contributed by atoms with Crippen molar-refractivity contribution in [2.75, 3.05) is 7.05 Å². The molecule has 1 aromatic carbocycles. The van der Waals surface area contributed by atoms with Gasteiger partial charge in [-0.05, 0) is 18.6 Å². The second-order valence-corrected chi connectivity index (χ2v) is 3.63. The van der Waals surface area contributed by atoms with Gasteiger partial charge in [-0.15, -0.1) is 0 Å². The van der Waals surface area contributed by atoms with E-state index in [1.165, 1.54) is 0 Å².